The Morgan fingerprint density at radius 2 is 1.46 bits per heavy atom. The minimum atomic E-state index is 0.146. The van der Waals surface area contributed by atoms with Crippen LogP contribution in [-0.2, 0) is 4.79 Å². The van der Waals surface area contributed by atoms with Crippen molar-refractivity contribution in [1.82, 2.24) is 14.9 Å². The van der Waals surface area contributed by atoms with E-state index in [1.54, 1.807) is 11.8 Å². The second kappa shape index (κ2) is 12.4. The predicted molar refractivity (Wildman–Crippen MR) is 147 cm³/mol. The number of unbranched alkanes of at least 4 members (excludes halogenated alkanes) is 1. The maximum absolute atomic E-state index is 11.9. The van der Waals surface area contributed by atoms with Crippen molar-refractivity contribution in [3.05, 3.63) is 91.0 Å². The molecule has 0 aliphatic heterocycles. The van der Waals surface area contributed by atoms with Crippen molar-refractivity contribution in [2.45, 2.75) is 38.3 Å². The number of aromatic nitrogens is 2. The van der Waals surface area contributed by atoms with Gasteiger partial charge in [0.1, 0.15) is 0 Å². The van der Waals surface area contributed by atoms with E-state index in [4.69, 9.17) is 4.98 Å². The van der Waals surface area contributed by atoms with Crippen LogP contribution in [0.1, 0.15) is 33.1 Å². The molecule has 1 amide bonds. The molecule has 180 valence electrons. The number of nitrogens with zero attached hydrogens (tertiary/aromatic N) is 2. The predicted octanol–water partition coefficient (Wildman–Crippen LogP) is 7.24. The van der Waals surface area contributed by atoms with E-state index in [1.165, 1.54) is 0 Å². The molecule has 3 aromatic carbocycles. The Labute approximate surface area is 212 Å². The highest BCUT2D eigenvalue weighted by Gasteiger charge is 2.21. The fourth-order valence-corrected chi connectivity index (χ4v) is 5.05. The Balaban J connectivity index is 1.60. The highest BCUT2D eigenvalue weighted by molar-refractivity contribution is 7.99. The van der Waals surface area contributed by atoms with Crippen molar-refractivity contribution < 1.29 is 4.79 Å². The Kier molecular flexibility index (Phi) is 8.79. The quantitative estimate of drug-likeness (QED) is 0.181. The number of thioether (sulfide) groups is 1. The number of amides is 1. The Morgan fingerprint density at radius 3 is 2.09 bits per heavy atom. The van der Waals surface area contributed by atoms with Crippen molar-refractivity contribution in [3.8, 4) is 28.2 Å². The van der Waals surface area contributed by atoms with Crippen LogP contribution in [0.15, 0.2) is 96.2 Å². The lowest BCUT2D eigenvalue weighted by molar-refractivity contribution is -0.121. The zero-order valence-electron chi connectivity index (χ0n) is 20.5. The third kappa shape index (κ3) is 6.64. The molecule has 1 aromatic heterocycles. The number of hydrogen-bond acceptors (Lipinski definition) is 3. The SMILES string of the molecule is CC(C)CC(=O)NCCCCSc1nc(-c2ccccc2)c(-c2ccccc2)n1-c1ccccc1. The van der Waals surface area contributed by atoms with Gasteiger partial charge in [-0.1, -0.05) is 104 Å². The van der Waals surface area contributed by atoms with E-state index < -0.39 is 0 Å². The standard InChI is InChI=1S/C30H33N3OS/c1-23(2)22-27(34)31-20-12-13-21-35-30-32-28(24-14-6-3-7-15-24)29(25-16-8-4-9-17-25)33(30)26-18-10-5-11-19-26/h3-11,14-19,23H,12-13,20-22H2,1-2H3,(H,31,34). The molecule has 0 saturated carbocycles. The normalized spacial score (nSPS) is 11.1. The number of rotatable bonds is 11. The van der Waals surface area contributed by atoms with E-state index in [2.05, 4.69) is 96.5 Å². The lowest BCUT2D eigenvalue weighted by Crippen LogP contribution is -2.25. The molecule has 0 aliphatic rings. The average molecular weight is 484 g/mol. The molecule has 0 aliphatic carbocycles. The molecule has 0 radical (unpaired) electrons. The van der Waals surface area contributed by atoms with Crippen LogP contribution in [0, 0.1) is 5.92 Å². The van der Waals surface area contributed by atoms with E-state index in [-0.39, 0.29) is 5.91 Å². The summed E-state index contributed by atoms with van der Waals surface area (Å²) in [5.74, 6) is 1.47. The molecule has 0 spiro atoms. The van der Waals surface area contributed by atoms with Gasteiger partial charge in [0.15, 0.2) is 5.16 Å². The minimum absolute atomic E-state index is 0.146. The van der Waals surface area contributed by atoms with Crippen LogP contribution < -0.4 is 5.32 Å². The molecular weight excluding hydrogens is 450 g/mol. The molecule has 1 heterocycles. The van der Waals surface area contributed by atoms with E-state index in [0.717, 1.165) is 58.5 Å². The summed E-state index contributed by atoms with van der Waals surface area (Å²) in [6.45, 7) is 4.86. The van der Waals surface area contributed by atoms with Gasteiger partial charge in [-0.25, -0.2) is 4.98 Å². The van der Waals surface area contributed by atoms with Gasteiger partial charge in [-0.3, -0.25) is 9.36 Å². The van der Waals surface area contributed by atoms with Crippen LogP contribution in [0.25, 0.3) is 28.2 Å². The fourth-order valence-electron chi connectivity index (χ4n) is 4.03. The van der Waals surface area contributed by atoms with Crippen LogP contribution in [-0.4, -0.2) is 27.8 Å². The highest BCUT2D eigenvalue weighted by atomic mass is 32.2. The molecule has 1 N–H and O–H groups in total. The van der Waals surface area contributed by atoms with Gasteiger partial charge in [-0.15, -0.1) is 0 Å². The lowest BCUT2D eigenvalue weighted by atomic mass is 10.0. The summed E-state index contributed by atoms with van der Waals surface area (Å²) in [4.78, 5) is 17.1. The van der Waals surface area contributed by atoms with Crippen molar-refractivity contribution in [2.75, 3.05) is 12.3 Å². The summed E-state index contributed by atoms with van der Waals surface area (Å²) in [5, 5.41) is 4.02. The van der Waals surface area contributed by atoms with Crippen LogP contribution in [0.4, 0.5) is 0 Å². The van der Waals surface area contributed by atoms with Crippen molar-refractivity contribution >= 4 is 17.7 Å². The van der Waals surface area contributed by atoms with E-state index >= 15 is 0 Å². The molecule has 0 atom stereocenters. The van der Waals surface area contributed by atoms with E-state index in [0.29, 0.717) is 12.3 Å². The largest absolute Gasteiger partial charge is 0.356 e. The third-order valence-electron chi connectivity index (χ3n) is 5.67. The van der Waals surface area contributed by atoms with Gasteiger partial charge in [0.25, 0.3) is 0 Å². The summed E-state index contributed by atoms with van der Waals surface area (Å²) in [6, 6.07) is 31.4. The van der Waals surface area contributed by atoms with E-state index in [9.17, 15) is 4.79 Å². The van der Waals surface area contributed by atoms with Gasteiger partial charge < -0.3 is 5.32 Å². The number of carbonyl (C=O) groups is 1. The fraction of sp³-hybridized carbons (Fsp3) is 0.267. The highest BCUT2D eigenvalue weighted by Crippen LogP contribution is 2.38. The molecule has 0 unspecified atom stereocenters. The summed E-state index contributed by atoms with van der Waals surface area (Å²) in [5.41, 5.74) is 5.44. The zero-order valence-corrected chi connectivity index (χ0v) is 21.3. The second-order valence-corrected chi connectivity index (χ2v) is 10.1. The monoisotopic (exact) mass is 483 g/mol. The maximum atomic E-state index is 11.9. The molecule has 5 heteroatoms. The first-order chi connectivity index (χ1) is 17.1. The van der Waals surface area contributed by atoms with Crippen LogP contribution >= 0.6 is 11.8 Å². The Bertz CT molecular complexity index is 1200. The number of nitrogens with one attached hydrogen (secondary N) is 1. The van der Waals surface area contributed by atoms with Crippen LogP contribution in [0.5, 0.6) is 0 Å². The molecule has 0 fully saturated rings. The summed E-state index contributed by atoms with van der Waals surface area (Å²) < 4.78 is 2.28. The van der Waals surface area contributed by atoms with Crippen molar-refractivity contribution in [2.24, 2.45) is 5.92 Å². The number of imidazole rings is 1. The van der Waals surface area contributed by atoms with Gasteiger partial charge in [0.05, 0.1) is 11.4 Å². The van der Waals surface area contributed by atoms with Crippen molar-refractivity contribution in [1.29, 1.82) is 0 Å². The van der Waals surface area contributed by atoms with E-state index in [1.807, 2.05) is 18.2 Å². The van der Waals surface area contributed by atoms with Crippen molar-refractivity contribution in [3.63, 3.8) is 0 Å². The first kappa shape index (κ1) is 24.8. The van der Waals surface area contributed by atoms with Gasteiger partial charge in [-0.2, -0.15) is 0 Å². The molecule has 4 nitrogen and oxygen atoms in total. The van der Waals surface area contributed by atoms with Gasteiger partial charge in [-0.05, 0) is 30.9 Å². The molecule has 4 rings (SSSR count). The average Bonchev–Trinajstić information content (AvgIpc) is 3.26. The van der Waals surface area contributed by atoms with Gasteiger partial charge >= 0.3 is 0 Å². The molecule has 4 aromatic rings. The first-order valence-electron chi connectivity index (χ1n) is 12.3. The molecule has 0 saturated heterocycles. The number of carbonyl (C=O) groups excluding carboxylic acids is 1. The smallest absolute Gasteiger partial charge is 0.220 e. The number of para-hydroxylation sites is 1. The Hall–Kier alpha value is -3.31. The zero-order chi connectivity index (χ0) is 24.5. The van der Waals surface area contributed by atoms with Crippen LogP contribution in [0.2, 0.25) is 0 Å². The van der Waals surface area contributed by atoms with Gasteiger partial charge in [0, 0.05) is 35.5 Å². The molecule has 0 bridgehead atoms. The third-order valence-corrected chi connectivity index (χ3v) is 6.70. The first-order valence-corrected chi connectivity index (χ1v) is 13.3. The second-order valence-electron chi connectivity index (χ2n) is 9.00. The number of hydrogen-bond donors (Lipinski definition) is 1. The molecular formula is C30H33N3OS. The maximum Gasteiger partial charge on any atom is 0.220 e. The topological polar surface area (TPSA) is 46.9 Å². The van der Waals surface area contributed by atoms with Crippen LogP contribution in [0.3, 0.4) is 0 Å². The molecule has 35 heavy (non-hydrogen) atoms. The lowest BCUT2D eigenvalue weighted by Gasteiger charge is -2.13. The summed E-state index contributed by atoms with van der Waals surface area (Å²) >= 11 is 1.77. The number of benzene rings is 3. The van der Waals surface area contributed by atoms with Gasteiger partial charge in [0.2, 0.25) is 5.91 Å². The summed E-state index contributed by atoms with van der Waals surface area (Å²) in [7, 11) is 0. The Morgan fingerprint density at radius 1 is 0.857 bits per heavy atom. The minimum Gasteiger partial charge on any atom is -0.356 e. The summed E-state index contributed by atoms with van der Waals surface area (Å²) in [6.07, 6.45) is 2.56.